The van der Waals surface area contributed by atoms with Crippen LogP contribution in [0.2, 0.25) is 5.02 Å². The summed E-state index contributed by atoms with van der Waals surface area (Å²) in [6, 6.07) is 14.1. The molecular formula is C36H40ClN3O7. The van der Waals surface area contributed by atoms with E-state index in [1.54, 1.807) is 41.3 Å². The molecule has 0 aromatic heterocycles. The Bertz CT molecular complexity index is 1560. The number of hydrogen-bond acceptors (Lipinski definition) is 7. The highest BCUT2D eigenvalue weighted by Crippen LogP contribution is 2.56. The van der Waals surface area contributed by atoms with Gasteiger partial charge < -0.3 is 29.7 Å². The number of amides is 3. The van der Waals surface area contributed by atoms with Crippen LogP contribution in [-0.4, -0.2) is 77.2 Å². The first-order valence-corrected chi connectivity index (χ1v) is 16.6. The van der Waals surface area contributed by atoms with Crippen molar-refractivity contribution in [2.24, 2.45) is 17.8 Å². The summed E-state index contributed by atoms with van der Waals surface area (Å²) in [4.78, 5) is 59.5. The maximum absolute atomic E-state index is 14.9. The maximum Gasteiger partial charge on any atom is 0.313 e. The summed E-state index contributed by atoms with van der Waals surface area (Å²) in [5.41, 5.74) is -0.211. The summed E-state index contributed by atoms with van der Waals surface area (Å²) < 4.78 is 12.6. The van der Waals surface area contributed by atoms with Gasteiger partial charge in [-0.2, -0.15) is 0 Å². The highest BCUT2D eigenvalue weighted by atomic mass is 35.5. The number of anilines is 1. The van der Waals surface area contributed by atoms with Gasteiger partial charge in [0.25, 0.3) is 5.91 Å². The molecule has 0 radical (unpaired) electrons. The summed E-state index contributed by atoms with van der Waals surface area (Å²) in [5, 5.41) is 14.0. The third kappa shape index (κ3) is 6.22. The van der Waals surface area contributed by atoms with E-state index >= 15 is 0 Å². The molecule has 0 aliphatic carbocycles. The average molecular weight is 662 g/mol. The van der Waals surface area contributed by atoms with Crippen molar-refractivity contribution in [1.82, 2.24) is 10.2 Å². The molecule has 11 heteroatoms. The van der Waals surface area contributed by atoms with Gasteiger partial charge in [-0.3, -0.25) is 19.2 Å². The molecule has 4 aliphatic heterocycles. The minimum absolute atomic E-state index is 0.0503. The Labute approximate surface area is 279 Å². The summed E-state index contributed by atoms with van der Waals surface area (Å²) in [7, 11) is 0. The quantitative estimate of drug-likeness (QED) is 0.354. The van der Waals surface area contributed by atoms with Crippen molar-refractivity contribution in [3.05, 3.63) is 89.5 Å². The fraction of sp³-hybridized carbons (Fsp3) is 0.444. The zero-order chi connectivity index (χ0) is 33.3. The van der Waals surface area contributed by atoms with Gasteiger partial charge in [0.15, 0.2) is 0 Å². The van der Waals surface area contributed by atoms with Crippen LogP contribution >= 0.6 is 11.6 Å². The van der Waals surface area contributed by atoms with Crippen LogP contribution in [0, 0.1) is 17.8 Å². The number of likely N-dealkylation sites (tertiary alicyclic amines) is 1. The number of nitrogens with one attached hydrogen (secondary N) is 1. The number of halogens is 1. The van der Waals surface area contributed by atoms with Crippen molar-refractivity contribution in [3.8, 4) is 0 Å². The Hall–Kier alpha value is -3.99. The lowest BCUT2D eigenvalue weighted by molar-refractivity contribution is -0.160. The molecule has 2 fully saturated rings. The highest BCUT2D eigenvalue weighted by molar-refractivity contribution is 6.30. The number of esters is 1. The number of nitrogens with zero attached hydrogens (tertiary/aromatic N) is 2. The molecule has 248 valence electrons. The fourth-order valence-electron chi connectivity index (χ4n) is 7.38. The van der Waals surface area contributed by atoms with E-state index in [0.717, 1.165) is 0 Å². The molecule has 4 aliphatic rings. The number of cyclic esters (lactones) is 1. The number of fused-ring (bicyclic) bond motifs is 2. The van der Waals surface area contributed by atoms with Gasteiger partial charge in [0, 0.05) is 23.7 Å². The van der Waals surface area contributed by atoms with Crippen LogP contribution in [0.1, 0.15) is 44.8 Å². The summed E-state index contributed by atoms with van der Waals surface area (Å²) >= 11 is 6.19. The first kappa shape index (κ1) is 32.9. The molecule has 3 amide bonds. The van der Waals surface area contributed by atoms with Gasteiger partial charge in [-0.05, 0) is 48.6 Å². The molecule has 0 saturated carbocycles. The number of allylic oxidation sites excluding steroid dienone is 1. The van der Waals surface area contributed by atoms with Crippen molar-refractivity contribution < 1.29 is 33.8 Å². The van der Waals surface area contributed by atoms with Crippen LogP contribution in [0.25, 0.3) is 0 Å². The Morgan fingerprint density at radius 3 is 2.47 bits per heavy atom. The van der Waals surface area contributed by atoms with Crippen LogP contribution in [0.4, 0.5) is 5.69 Å². The molecule has 2 aromatic rings. The molecule has 2 N–H and O–H groups in total. The summed E-state index contributed by atoms with van der Waals surface area (Å²) in [6.07, 6.45) is 6.59. The number of carbonyl (C=O) groups is 4. The molecule has 5 bridgehead atoms. The zero-order valence-corrected chi connectivity index (χ0v) is 27.2. The van der Waals surface area contributed by atoms with E-state index in [9.17, 15) is 24.3 Å². The first-order valence-electron chi connectivity index (χ1n) is 16.2. The minimum Gasteiger partial charge on any atom is -0.455 e. The standard InChI is InChI=1S/C36H40ClN3O7/c1-22(2)19-26(21-41)40-32-34(44)39(25-14-12-24(37)13-15-25)18-8-4-7-11-29(42)38-20-28(23-9-5-3-6-10-23)46-35(45)30-27-16-17-36(32,47-27)31(30)33(40)43/h3-6,8-10,12-17,22,26-28,30-32,41H,7,11,18-21H2,1-2H3,(H,38,42)/b8-4-/t26-,27-,28-,30+,31+,32-,36+/m1/s1. The van der Waals surface area contributed by atoms with Crippen molar-refractivity contribution >= 4 is 41.0 Å². The maximum atomic E-state index is 14.9. The molecule has 6 rings (SSSR count). The van der Waals surface area contributed by atoms with E-state index in [-0.39, 0.29) is 37.9 Å². The smallest absolute Gasteiger partial charge is 0.313 e. The number of hydrogen-bond donors (Lipinski definition) is 2. The largest absolute Gasteiger partial charge is 0.455 e. The molecule has 1 spiro atoms. The molecular weight excluding hydrogens is 622 g/mol. The molecule has 2 saturated heterocycles. The zero-order valence-electron chi connectivity index (χ0n) is 26.5. The van der Waals surface area contributed by atoms with E-state index in [2.05, 4.69) is 5.32 Å². The van der Waals surface area contributed by atoms with Crippen LogP contribution in [-0.2, 0) is 28.7 Å². The van der Waals surface area contributed by atoms with Gasteiger partial charge in [0.1, 0.15) is 23.7 Å². The van der Waals surface area contributed by atoms with E-state index in [0.29, 0.717) is 29.1 Å². The van der Waals surface area contributed by atoms with E-state index in [1.165, 1.54) is 4.90 Å². The topological polar surface area (TPSA) is 125 Å². The Morgan fingerprint density at radius 1 is 1.02 bits per heavy atom. The number of carbonyl (C=O) groups excluding carboxylic acids is 4. The minimum atomic E-state index is -1.45. The lowest BCUT2D eigenvalue weighted by Crippen LogP contribution is -2.59. The number of rotatable bonds is 6. The van der Waals surface area contributed by atoms with E-state index in [1.807, 2.05) is 56.3 Å². The highest BCUT2D eigenvalue weighted by Gasteiger charge is 2.74. The van der Waals surface area contributed by atoms with Crippen LogP contribution < -0.4 is 10.2 Å². The first-order chi connectivity index (χ1) is 22.6. The van der Waals surface area contributed by atoms with Gasteiger partial charge in [-0.15, -0.1) is 0 Å². The second-order valence-electron chi connectivity index (χ2n) is 13.0. The van der Waals surface area contributed by atoms with Crippen molar-refractivity contribution in [2.45, 2.75) is 63.0 Å². The SMILES string of the molecule is CC(C)C[C@H](CO)N1C(=O)[C@@H]2[C@H]3C(=O)O[C@@H](c4ccccc4)CNC(=O)CC/C=C\CN(c4ccc(Cl)cc4)C(=O)[C@@H]1[C@]21C=C[C@H]3O1. The van der Waals surface area contributed by atoms with E-state index < -0.39 is 59.5 Å². The molecule has 2 aromatic carbocycles. The lowest BCUT2D eigenvalue weighted by Gasteiger charge is -2.39. The van der Waals surface area contributed by atoms with Crippen LogP contribution in [0.15, 0.2) is 78.9 Å². The molecule has 4 heterocycles. The average Bonchev–Trinajstić information content (AvgIpc) is 3.71. The Morgan fingerprint density at radius 2 is 1.77 bits per heavy atom. The third-order valence-corrected chi connectivity index (χ3v) is 9.73. The molecule has 10 nitrogen and oxygen atoms in total. The normalized spacial score (nSPS) is 30.8. The second kappa shape index (κ2) is 13.6. The molecule has 7 atom stereocenters. The molecule has 47 heavy (non-hydrogen) atoms. The predicted molar refractivity (Wildman–Crippen MR) is 175 cm³/mol. The van der Waals surface area contributed by atoms with Gasteiger partial charge in [0.2, 0.25) is 11.8 Å². The van der Waals surface area contributed by atoms with Gasteiger partial charge >= 0.3 is 5.97 Å². The fourth-order valence-corrected chi connectivity index (χ4v) is 7.51. The Balaban J connectivity index is 1.46. The number of benzene rings is 2. The predicted octanol–water partition coefficient (Wildman–Crippen LogP) is 3.98. The summed E-state index contributed by atoms with van der Waals surface area (Å²) in [5.74, 6) is -3.70. The summed E-state index contributed by atoms with van der Waals surface area (Å²) in [6.45, 7) is 3.80. The molecule has 0 unspecified atom stereocenters. The Kier molecular flexibility index (Phi) is 9.55. The number of aliphatic hydroxyl groups is 1. The van der Waals surface area contributed by atoms with Crippen molar-refractivity contribution in [3.63, 3.8) is 0 Å². The van der Waals surface area contributed by atoms with E-state index in [4.69, 9.17) is 21.1 Å². The van der Waals surface area contributed by atoms with Crippen LogP contribution in [0.5, 0.6) is 0 Å². The monoisotopic (exact) mass is 661 g/mol. The van der Waals surface area contributed by atoms with Crippen molar-refractivity contribution in [2.75, 3.05) is 24.6 Å². The lowest BCUT2D eigenvalue weighted by atomic mass is 9.74. The van der Waals surface area contributed by atoms with Gasteiger partial charge in [-0.25, -0.2) is 0 Å². The third-order valence-electron chi connectivity index (χ3n) is 9.48. The number of aliphatic hydroxyl groups excluding tert-OH is 1. The van der Waals surface area contributed by atoms with Crippen LogP contribution in [0.3, 0.4) is 0 Å². The van der Waals surface area contributed by atoms with Gasteiger partial charge in [-0.1, -0.05) is 80.1 Å². The number of ether oxygens (including phenoxy) is 2. The second-order valence-corrected chi connectivity index (χ2v) is 13.4. The van der Waals surface area contributed by atoms with Crippen molar-refractivity contribution in [1.29, 1.82) is 0 Å². The van der Waals surface area contributed by atoms with Gasteiger partial charge in [0.05, 0.1) is 31.2 Å².